The summed E-state index contributed by atoms with van der Waals surface area (Å²) in [5, 5.41) is 4.84. The Balaban J connectivity index is 3.28. The first-order valence-corrected chi connectivity index (χ1v) is 5.97. The molecule has 1 heterocycles. The second-order valence-electron chi connectivity index (χ2n) is 3.48. The van der Waals surface area contributed by atoms with Crippen LogP contribution in [0.1, 0.15) is 20.8 Å². The fourth-order valence-electron chi connectivity index (χ4n) is 0.798. The van der Waals surface area contributed by atoms with Crippen molar-refractivity contribution in [3.63, 3.8) is 0 Å². The Morgan fingerprint density at radius 1 is 1.33 bits per heavy atom. The normalized spacial score (nSPS) is 12.2. The highest BCUT2D eigenvalue weighted by Gasteiger charge is 2.21. The smallest absolute Gasteiger partial charge is 0.165 e. The lowest BCUT2D eigenvalue weighted by Crippen LogP contribution is -2.24. The first kappa shape index (κ1) is 11.0. The Kier molecular flexibility index (Phi) is 3.32. The van der Waals surface area contributed by atoms with Gasteiger partial charge in [-0.3, -0.25) is 4.68 Å². The van der Waals surface area contributed by atoms with Crippen LogP contribution in [0.15, 0.2) is 0 Å². The van der Waals surface area contributed by atoms with E-state index in [4.69, 9.17) is 11.6 Å². The molecule has 0 aliphatic heterocycles. The number of hydrogen-bond acceptors (Lipinski definition) is 1. The van der Waals surface area contributed by atoms with E-state index in [2.05, 4.69) is 71.1 Å². The maximum atomic E-state index is 5.90. The third-order valence-electron chi connectivity index (χ3n) is 1.37. The minimum atomic E-state index is 0.00356. The first-order chi connectivity index (χ1) is 5.34. The van der Waals surface area contributed by atoms with Gasteiger partial charge in [0.2, 0.25) is 0 Å². The molecule has 0 aromatic carbocycles. The molecule has 0 saturated carbocycles. The molecule has 1 rings (SSSR count). The molecule has 0 aliphatic rings. The van der Waals surface area contributed by atoms with Crippen LogP contribution in [-0.2, 0) is 5.54 Å². The lowest BCUT2D eigenvalue weighted by Gasteiger charge is -2.20. The van der Waals surface area contributed by atoms with Crippen LogP contribution >= 0.6 is 56.8 Å². The molecule has 1 aromatic rings. The van der Waals surface area contributed by atoms with Crippen LogP contribution in [0, 0.1) is 7.27 Å². The van der Waals surface area contributed by atoms with Gasteiger partial charge in [-0.05, 0) is 66.0 Å². The summed E-state index contributed by atoms with van der Waals surface area (Å²) >= 11 is 10.4. The van der Waals surface area contributed by atoms with Crippen LogP contribution in [0.4, 0.5) is 0 Å². The zero-order valence-corrected chi connectivity index (χ0v) is 12.1. The summed E-state index contributed by atoms with van der Waals surface area (Å²) in [6.07, 6.45) is 0. The van der Waals surface area contributed by atoms with E-state index < -0.39 is 0 Å². The summed E-state index contributed by atoms with van der Waals surface area (Å²) in [5.41, 5.74) is 0.00356. The van der Waals surface area contributed by atoms with Crippen molar-refractivity contribution in [1.82, 2.24) is 9.78 Å². The molecule has 5 heteroatoms. The van der Waals surface area contributed by atoms with Gasteiger partial charge in [-0.2, -0.15) is 5.10 Å². The van der Waals surface area contributed by atoms with E-state index in [0.717, 1.165) is 7.27 Å². The van der Waals surface area contributed by atoms with Gasteiger partial charge < -0.3 is 0 Å². The standard InChI is InChI=1S/C7H9ClI2N2/c1-7(2,3)12-6(10)4(9)5(8)11-12/h1-3H3. The monoisotopic (exact) mass is 410 g/mol. The summed E-state index contributed by atoms with van der Waals surface area (Å²) in [5.74, 6) is 0. The molecule has 0 spiro atoms. The second-order valence-corrected chi connectivity index (χ2v) is 5.94. The van der Waals surface area contributed by atoms with Crippen molar-refractivity contribution in [3.05, 3.63) is 12.4 Å². The molecular formula is C7H9ClI2N2. The minimum absolute atomic E-state index is 0.00356. The summed E-state index contributed by atoms with van der Waals surface area (Å²) in [6, 6.07) is 0. The van der Waals surface area contributed by atoms with Crippen LogP contribution in [-0.4, -0.2) is 9.78 Å². The van der Waals surface area contributed by atoms with Crippen molar-refractivity contribution >= 4 is 56.8 Å². The number of aromatic nitrogens is 2. The first-order valence-electron chi connectivity index (χ1n) is 3.44. The van der Waals surface area contributed by atoms with E-state index in [9.17, 15) is 0 Å². The van der Waals surface area contributed by atoms with E-state index in [1.807, 2.05) is 4.68 Å². The van der Waals surface area contributed by atoms with Crippen molar-refractivity contribution in [2.45, 2.75) is 26.3 Å². The van der Waals surface area contributed by atoms with E-state index in [-0.39, 0.29) is 5.54 Å². The number of rotatable bonds is 0. The van der Waals surface area contributed by atoms with Gasteiger partial charge in [0, 0.05) is 0 Å². The van der Waals surface area contributed by atoms with Gasteiger partial charge in [-0.25, -0.2) is 0 Å². The van der Waals surface area contributed by atoms with Gasteiger partial charge >= 0.3 is 0 Å². The molecule has 68 valence electrons. The zero-order valence-electron chi connectivity index (χ0n) is 7.03. The predicted molar refractivity (Wildman–Crippen MR) is 67.7 cm³/mol. The van der Waals surface area contributed by atoms with Crippen molar-refractivity contribution < 1.29 is 0 Å². The third-order valence-corrected chi connectivity index (χ3v) is 5.01. The van der Waals surface area contributed by atoms with Gasteiger partial charge in [0.1, 0.15) is 3.70 Å². The highest BCUT2D eigenvalue weighted by molar-refractivity contribution is 14.1. The summed E-state index contributed by atoms with van der Waals surface area (Å²) in [4.78, 5) is 0. The van der Waals surface area contributed by atoms with Crippen LogP contribution in [0.2, 0.25) is 5.15 Å². The Morgan fingerprint density at radius 3 is 2.00 bits per heavy atom. The summed E-state index contributed by atoms with van der Waals surface area (Å²) in [6.45, 7) is 6.32. The molecule has 2 nitrogen and oxygen atoms in total. The predicted octanol–water partition coefficient (Wildman–Crippen LogP) is 3.50. The van der Waals surface area contributed by atoms with E-state index in [0.29, 0.717) is 5.15 Å². The molecule has 0 bridgehead atoms. The lowest BCUT2D eigenvalue weighted by molar-refractivity contribution is 0.347. The van der Waals surface area contributed by atoms with Crippen molar-refractivity contribution in [2.24, 2.45) is 0 Å². The Hall–Kier alpha value is 0.960. The SMILES string of the molecule is CC(C)(C)n1nc(Cl)c(I)c1I. The summed E-state index contributed by atoms with van der Waals surface area (Å²) in [7, 11) is 0. The fraction of sp³-hybridized carbons (Fsp3) is 0.571. The number of nitrogens with zero attached hydrogens (tertiary/aromatic N) is 2. The largest absolute Gasteiger partial charge is 0.251 e. The van der Waals surface area contributed by atoms with E-state index >= 15 is 0 Å². The highest BCUT2D eigenvalue weighted by Crippen LogP contribution is 2.27. The molecule has 1 aromatic heterocycles. The Labute approximate surface area is 104 Å². The molecule has 0 unspecified atom stereocenters. The Bertz CT molecular complexity index is 301. The van der Waals surface area contributed by atoms with Crippen LogP contribution < -0.4 is 0 Å². The molecule has 0 radical (unpaired) electrons. The van der Waals surface area contributed by atoms with E-state index in [1.54, 1.807) is 0 Å². The lowest BCUT2D eigenvalue weighted by atomic mass is 10.1. The van der Waals surface area contributed by atoms with Gasteiger partial charge in [-0.1, -0.05) is 11.6 Å². The quantitative estimate of drug-likeness (QED) is 0.599. The maximum absolute atomic E-state index is 5.90. The molecular weight excluding hydrogens is 401 g/mol. The van der Waals surface area contributed by atoms with Crippen molar-refractivity contribution in [3.8, 4) is 0 Å². The highest BCUT2D eigenvalue weighted by atomic mass is 127. The van der Waals surface area contributed by atoms with Gasteiger partial charge in [-0.15, -0.1) is 0 Å². The zero-order chi connectivity index (χ0) is 9.52. The molecule has 0 N–H and O–H groups in total. The average Bonchev–Trinajstić information content (AvgIpc) is 2.15. The van der Waals surface area contributed by atoms with Gasteiger partial charge in [0.05, 0.1) is 9.11 Å². The maximum Gasteiger partial charge on any atom is 0.165 e. The molecule has 0 amide bonds. The molecule has 12 heavy (non-hydrogen) atoms. The topological polar surface area (TPSA) is 17.8 Å². The number of hydrogen-bond donors (Lipinski definition) is 0. The average molecular weight is 410 g/mol. The Morgan fingerprint density at radius 2 is 1.83 bits per heavy atom. The van der Waals surface area contributed by atoms with Crippen molar-refractivity contribution in [2.75, 3.05) is 0 Å². The third kappa shape index (κ3) is 2.06. The molecule has 0 fully saturated rings. The molecule has 0 aliphatic carbocycles. The van der Waals surface area contributed by atoms with Gasteiger partial charge in [0.15, 0.2) is 5.15 Å². The van der Waals surface area contributed by atoms with Crippen LogP contribution in [0.3, 0.4) is 0 Å². The van der Waals surface area contributed by atoms with Gasteiger partial charge in [0.25, 0.3) is 0 Å². The number of halogens is 3. The van der Waals surface area contributed by atoms with Crippen LogP contribution in [0.25, 0.3) is 0 Å². The molecule has 0 atom stereocenters. The summed E-state index contributed by atoms with van der Waals surface area (Å²) < 4.78 is 4.08. The fourth-order valence-corrected chi connectivity index (χ4v) is 2.55. The van der Waals surface area contributed by atoms with Crippen LogP contribution in [0.5, 0.6) is 0 Å². The molecule has 0 saturated heterocycles. The van der Waals surface area contributed by atoms with E-state index in [1.165, 1.54) is 0 Å². The second kappa shape index (κ2) is 3.61. The van der Waals surface area contributed by atoms with Crippen molar-refractivity contribution in [1.29, 1.82) is 0 Å². The minimum Gasteiger partial charge on any atom is -0.251 e.